The number of carbonyl (C=O) groups is 2. The van der Waals surface area contributed by atoms with Crippen LogP contribution in [0.2, 0.25) is 0 Å². The van der Waals surface area contributed by atoms with E-state index in [9.17, 15) is 18.4 Å². The summed E-state index contributed by atoms with van der Waals surface area (Å²) in [5, 5.41) is 2.47. The molecule has 0 spiro atoms. The standard InChI is InChI=1S/C28H25F5N4O5/c1-40-17-12-20(30)23(21(31)13-17)18-14-37(25-19(29)6-7-22(34-25)36-8-10-41-11-9-36)27(39)24(18)35-26(38)15-2-4-16(5-3-15)42-28(32)33/h2-7,12-13,18,24,28H,8-11,14H2,1H3,(H,35,38)/t18-,24-/m0/s1. The fraction of sp³-hybridized carbons (Fsp3) is 0.321. The van der Waals surface area contributed by atoms with Crippen molar-refractivity contribution in [2.75, 3.05) is 49.8 Å². The number of rotatable bonds is 8. The number of alkyl halides is 2. The average Bonchev–Trinajstić information content (AvgIpc) is 3.28. The monoisotopic (exact) mass is 592 g/mol. The minimum absolute atomic E-state index is 0.0455. The molecule has 2 fully saturated rings. The third kappa shape index (κ3) is 5.93. The molecule has 2 amide bonds. The van der Waals surface area contributed by atoms with Gasteiger partial charge < -0.3 is 24.4 Å². The van der Waals surface area contributed by atoms with Crippen molar-refractivity contribution in [1.29, 1.82) is 0 Å². The number of amides is 2. The summed E-state index contributed by atoms with van der Waals surface area (Å²) in [6.45, 7) is -1.66. The van der Waals surface area contributed by atoms with Gasteiger partial charge in [-0.05, 0) is 36.4 Å². The molecule has 0 bridgehead atoms. The Bertz CT molecular complexity index is 1450. The van der Waals surface area contributed by atoms with Crippen LogP contribution < -0.4 is 24.6 Å². The van der Waals surface area contributed by atoms with E-state index >= 15 is 13.2 Å². The molecule has 2 saturated heterocycles. The number of anilines is 2. The van der Waals surface area contributed by atoms with Crippen molar-refractivity contribution in [2.24, 2.45) is 0 Å². The quantitative estimate of drug-likeness (QED) is 0.397. The van der Waals surface area contributed by atoms with Crippen LogP contribution in [0.15, 0.2) is 48.5 Å². The number of ether oxygens (including phenoxy) is 3. The maximum absolute atomic E-state index is 15.2. The lowest BCUT2D eigenvalue weighted by atomic mass is 9.92. The Morgan fingerprint density at radius 2 is 1.67 bits per heavy atom. The molecule has 3 aromatic rings. The van der Waals surface area contributed by atoms with E-state index in [1.54, 1.807) is 0 Å². The zero-order valence-corrected chi connectivity index (χ0v) is 22.2. The van der Waals surface area contributed by atoms with Gasteiger partial charge >= 0.3 is 6.61 Å². The van der Waals surface area contributed by atoms with Crippen LogP contribution in [0.1, 0.15) is 21.8 Å². The number of aromatic nitrogens is 1. The molecule has 0 saturated carbocycles. The molecule has 2 aliphatic rings. The molecule has 42 heavy (non-hydrogen) atoms. The first-order valence-corrected chi connectivity index (χ1v) is 12.9. The maximum atomic E-state index is 15.2. The van der Waals surface area contributed by atoms with Crippen molar-refractivity contribution in [1.82, 2.24) is 10.3 Å². The molecule has 1 aromatic heterocycles. The maximum Gasteiger partial charge on any atom is 0.387 e. The first kappa shape index (κ1) is 29.0. The zero-order chi connectivity index (χ0) is 30.0. The molecule has 2 atom stereocenters. The fourth-order valence-electron chi connectivity index (χ4n) is 4.97. The molecular weight excluding hydrogens is 567 g/mol. The summed E-state index contributed by atoms with van der Waals surface area (Å²) in [5.74, 6) is -6.21. The minimum Gasteiger partial charge on any atom is -0.497 e. The second-order valence-electron chi connectivity index (χ2n) is 9.49. The van der Waals surface area contributed by atoms with Gasteiger partial charge in [-0.1, -0.05) is 0 Å². The van der Waals surface area contributed by atoms with Crippen LogP contribution in [-0.4, -0.2) is 69.4 Å². The molecule has 2 aromatic carbocycles. The Labute approximate surface area is 236 Å². The third-order valence-corrected chi connectivity index (χ3v) is 7.00. The number of halogens is 5. The van der Waals surface area contributed by atoms with E-state index < -0.39 is 59.9 Å². The van der Waals surface area contributed by atoms with Crippen LogP contribution in [0.4, 0.5) is 33.6 Å². The fourth-order valence-corrected chi connectivity index (χ4v) is 4.97. The highest BCUT2D eigenvalue weighted by atomic mass is 19.3. The highest BCUT2D eigenvalue weighted by Crippen LogP contribution is 2.37. The summed E-state index contributed by atoms with van der Waals surface area (Å²) in [6.07, 6.45) is 0. The number of carbonyl (C=O) groups excluding carboxylic acids is 2. The predicted molar refractivity (Wildman–Crippen MR) is 140 cm³/mol. The smallest absolute Gasteiger partial charge is 0.387 e. The van der Waals surface area contributed by atoms with Crippen molar-refractivity contribution < 1.29 is 45.8 Å². The van der Waals surface area contributed by atoms with E-state index in [1.165, 1.54) is 25.3 Å². The van der Waals surface area contributed by atoms with Crippen LogP contribution >= 0.6 is 0 Å². The van der Waals surface area contributed by atoms with Crippen molar-refractivity contribution >= 4 is 23.5 Å². The van der Waals surface area contributed by atoms with Crippen molar-refractivity contribution in [3.05, 3.63) is 77.1 Å². The topological polar surface area (TPSA) is 93.2 Å². The van der Waals surface area contributed by atoms with E-state index in [0.29, 0.717) is 32.1 Å². The van der Waals surface area contributed by atoms with E-state index in [1.807, 2.05) is 4.90 Å². The Morgan fingerprint density at radius 3 is 2.29 bits per heavy atom. The number of pyridine rings is 1. The first-order valence-electron chi connectivity index (χ1n) is 12.9. The van der Waals surface area contributed by atoms with Gasteiger partial charge in [-0.2, -0.15) is 8.78 Å². The molecule has 14 heteroatoms. The van der Waals surface area contributed by atoms with Crippen molar-refractivity contribution in [2.45, 2.75) is 18.6 Å². The molecule has 1 N–H and O–H groups in total. The summed E-state index contributed by atoms with van der Waals surface area (Å²) in [6, 6.07) is 7.53. The van der Waals surface area contributed by atoms with E-state index in [-0.39, 0.29) is 22.9 Å². The first-order chi connectivity index (χ1) is 20.2. The highest BCUT2D eigenvalue weighted by molar-refractivity contribution is 6.04. The van der Waals surface area contributed by atoms with Crippen LogP contribution in [0.3, 0.4) is 0 Å². The molecule has 3 heterocycles. The average molecular weight is 593 g/mol. The Kier molecular flexibility index (Phi) is 8.43. The molecule has 5 rings (SSSR count). The largest absolute Gasteiger partial charge is 0.497 e. The number of benzene rings is 2. The van der Waals surface area contributed by atoms with Gasteiger partial charge in [0.1, 0.15) is 35.0 Å². The van der Waals surface area contributed by atoms with Gasteiger partial charge in [0, 0.05) is 48.8 Å². The number of methoxy groups -OCH3 is 1. The predicted octanol–water partition coefficient (Wildman–Crippen LogP) is 3.87. The molecule has 2 aliphatic heterocycles. The minimum atomic E-state index is -3.07. The second-order valence-corrected chi connectivity index (χ2v) is 9.49. The third-order valence-electron chi connectivity index (χ3n) is 7.00. The van der Waals surface area contributed by atoms with E-state index in [2.05, 4.69) is 15.0 Å². The van der Waals surface area contributed by atoms with Crippen LogP contribution in [0, 0.1) is 17.5 Å². The number of nitrogens with zero attached hydrogens (tertiary/aromatic N) is 3. The van der Waals surface area contributed by atoms with Crippen molar-refractivity contribution in [3.8, 4) is 11.5 Å². The Hall–Kier alpha value is -4.46. The summed E-state index contributed by atoms with van der Waals surface area (Å²) in [7, 11) is 1.23. The lowest BCUT2D eigenvalue weighted by Gasteiger charge is -2.28. The van der Waals surface area contributed by atoms with Crippen LogP contribution in [0.5, 0.6) is 11.5 Å². The SMILES string of the molecule is COc1cc(F)c([C@@H]2CN(c3nc(N4CCOCC4)ccc3F)C(=O)[C@H]2NC(=O)c2ccc(OC(F)F)cc2)c(F)c1. The van der Waals surface area contributed by atoms with Gasteiger partial charge in [0.15, 0.2) is 11.6 Å². The Morgan fingerprint density at radius 1 is 1.00 bits per heavy atom. The molecule has 0 aliphatic carbocycles. The number of hydrogen-bond acceptors (Lipinski definition) is 7. The second kappa shape index (κ2) is 12.2. The van der Waals surface area contributed by atoms with Gasteiger partial charge in [0.05, 0.1) is 20.3 Å². The van der Waals surface area contributed by atoms with Crippen LogP contribution in [-0.2, 0) is 9.53 Å². The summed E-state index contributed by atoms with van der Waals surface area (Å²) in [4.78, 5) is 33.9. The van der Waals surface area contributed by atoms with Gasteiger partial charge in [-0.15, -0.1) is 0 Å². The number of hydrogen-bond donors (Lipinski definition) is 1. The van der Waals surface area contributed by atoms with Crippen molar-refractivity contribution in [3.63, 3.8) is 0 Å². The van der Waals surface area contributed by atoms with Gasteiger partial charge in [-0.25, -0.2) is 18.2 Å². The number of nitrogens with one attached hydrogen (secondary N) is 1. The molecule has 0 radical (unpaired) electrons. The summed E-state index contributed by atoms with van der Waals surface area (Å²) < 4.78 is 85.1. The normalized spacial score (nSPS) is 18.9. The molecule has 0 unspecified atom stereocenters. The molecule has 9 nitrogen and oxygen atoms in total. The lowest BCUT2D eigenvalue weighted by Crippen LogP contribution is -2.44. The zero-order valence-electron chi connectivity index (χ0n) is 22.2. The highest BCUT2D eigenvalue weighted by Gasteiger charge is 2.46. The van der Waals surface area contributed by atoms with Gasteiger partial charge in [-0.3, -0.25) is 14.5 Å². The van der Waals surface area contributed by atoms with Gasteiger partial charge in [0.2, 0.25) is 0 Å². The number of morpholine rings is 1. The summed E-state index contributed by atoms with van der Waals surface area (Å²) >= 11 is 0. The lowest BCUT2D eigenvalue weighted by molar-refractivity contribution is -0.118. The Balaban J connectivity index is 1.49. The van der Waals surface area contributed by atoms with Crippen LogP contribution in [0.25, 0.3) is 0 Å². The van der Waals surface area contributed by atoms with E-state index in [0.717, 1.165) is 35.2 Å². The molecular formula is C28H25F5N4O5. The summed E-state index contributed by atoms with van der Waals surface area (Å²) in [5.41, 5.74) is -0.557. The van der Waals surface area contributed by atoms with E-state index in [4.69, 9.17) is 9.47 Å². The van der Waals surface area contributed by atoms with Gasteiger partial charge in [0.25, 0.3) is 11.8 Å². The molecule has 222 valence electrons.